The number of rotatable bonds is 3. The minimum absolute atomic E-state index is 0.847. The smallest absolute Gasteiger partial charge is 0.300 e. The molecule has 1 unspecified atom stereocenters. The minimum atomic E-state index is -2.64. The number of benzene rings is 1. The molecule has 1 atom stereocenters. The summed E-state index contributed by atoms with van der Waals surface area (Å²) in [6.45, 7) is 0. The van der Waals surface area contributed by atoms with Crippen molar-refractivity contribution >= 4 is 6.08 Å². The fraction of sp³-hybridized carbons (Fsp3) is 0.167. The second-order valence-electron chi connectivity index (χ2n) is 3.40. The monoisotopic (exact) mass is 223 g/mol. The molecule has 16 heavy (non-hydrogen) atoms. The Balaban J connectivity index is 2.16. The van der Waals surface area contributed by atoms with E-state index in [-0.39, 0.29) is 0 Å². The zero-order valence-corrected chi connectivity index (χ0v) is 8.44. The fourth-order valence-electron chi connectivity index (χ4n) is 1.40. The highest BCUT2D eigenvalue weighted by atomic mass is 19.3. The average Bonchev–Trinajstić information content (AvgIpc) is 2.78. The van der Waals surface area contributed by atoms with E-state index < -0.39 is 12.2 Å². The first-order valence-electron chi connectivity index (χ1n) is 4.86. The van der Waals surface area contributed by atoms with E-state index in [2.05, 4.69) is 5.32 Å². The molecule has 2 nitrogen and oxygen atoms in total. The van der Waals surface area contributed by atoms with Gasteiger partial charge < -0.3 is 10.1 Å². The van der Waals surface area contributed by atoms with Gasteiger partial charge in [0.2, 0.25) is 0 Å². The molecule has 0 bridgehead atoms. The molecule has 84 valence electrons. The number of hydrogen-bond acceptors (Lipinski definition) is 2. The maximum absolute atomic E-state index is 12.8. The summed E-state index contributed by atoms with van der Waals surface area (Å²) in [6.07, 6.45) is 2.88. The van der Waals surface area contributed by atoms with Crippen molar-refractivity contribution in [2.45, 2.75) is 12.2 Å². The first-order chi connectivity index (χ1) is 7.73. The van der Waals surface area contributed by atoms with Gasteiger partial charge in [0.1, 0.15) is 6.26 Å². The lowest BCUT2D eigenvalue weighted by Crippen LogP contribution is -2.45. The summed E-state index contributed by atoms with van der Waals surface area (Å²) in [5.74, 6) is 0. The van der Waals surface area contributed by atoms with Gasteiger partial charge in [0.05, 0.1) is 0 Å². The highest BCUT2D eigenvalue weighted by Gasteiger charge is 2.40. The molecule has 0 saturated heterocycles. The molecule has 1 aromatic carbocycles. The van der Waals surface area contributed by atoms with Crippen molar-refractivity contribution in [3.8, 4) is 0 Å². The number of nitrogens with one attached hydrogen (secondary N) is 1. The molecule has 0 aromatic heterocycles. The van der Waals surface area contributed by atoms with Crippen LogP contribution in [0, 0.1) is 0 Å². The van der Waals surface area contributed by atoms with E-state index in [0.29, 0.717) is 0 Å². The molecule has 0 fully saturated rings. The summed E-state index contributed by atoms with van der Waals surface area (Å²) in [5.41, 5.74) is -0.879. The summed E-state index contributed by atoms with van der Waals surface area (Å²) in [4.78, 5) is 0. The molecule has 2 rings (SSSR count). The lowest BCUT2D eigenvalue weighted by molar-refractivity contribution is -0.0687. The predicted molar refractivity (Wildman–Crippen MR) is 57.6 cm³/mol. The highest BCUT2D eigenvalue weighted by Crippen LogP contribution is 2.24. The van der Waals surface area contributed by atoms with Gasteiger partial charge in [-0.2, -0.15) is 0 Å². The van der Waals surface area contributed by atoms with Crippen molar-refractivity contribution in [3.63, 3.8) is 0 Å². The summed E-state index contributed by atoms with van der Waals surface area (Å²) in [7, 11) is 0. The third kappa shape index (κ3) is 2.05. The second kappa shape index (κ2) is 4.35. The summed E-state index contributed by atoms with van der Waals surface area (Å²) in [6, 6.07) is 9.22. The molecule has 1 N–H and O–H groups in total. The summed E-state index contributed by atoms with van der Waals surface area (Å²) < 4.78 is 30.5. The molecule has 4 heteroatoms. The highest BCUT2D eigenvalue weighted by molar-refractivity contribution is 5.50. The van der Waals surface area contributed by atoms with Crippen molar-refractivity contribution in [3.05, 3.63) is 54.4 Å². The van der Waals surface area contributed by atoms with Crippen molar-refractivity contribution < 1.29 is 13.5 Å². The van der Waals surface area contributed by atoms with Crippen molar-refractivity contribution in [1.29, 1.82) is 0 Å². The normalized spacial score (nSPS) is 23.7. The number of hydrogen-bond donors (Lipinski definition) is 1. The zero-order chi connectivity index (χ0) is 11.4. The Bertz CT molecular complexity index is 393. The van der Waals surface area contributed by atoms with Gasteiger partial charge in [-0.1, -0.05) is 36.4 Å². The van der Waals surface area contributed by atoms with Crippen LogP contribution in [0.3, 0.4) is 0 Å². The molecular weight excluding hydrogens is 212 g/mol. The van der Waals surface area contributed by atoms with Crippen LogP contribution in [0.1, 0.15) is 5.56 Å². The molecular formula is C12H11F2NO. The van der Waals surface area contributed by atoms with Gasteiger partial charge in [-0.15, -0.1) is 0 Å². The van der Waals surface area contributed by atoms with Crippen molar-refractivity contribution in [2.75, 3.05) is 0 Å². The van der Waals surface area contributed by atoms with Gasteiger partial charge >= 0.3 is 0 Å². The topological polar surface area (TPSA) is 21.3 Å². The Kier molecular flexibility index (Phi) is 2.90. The quantitative estimate of drug-likeness (QED) is 0.850. The number of alkyl halides is 2. The van der Waals surface area contributed by atoms with Gasteiger partial charge in [0.25, 0.3) is 12.2 Å². The van der Waals surface area contributed by atoms with Crippen LogP contribution in [0.15, 0.2) is 48.9 Å². The summed E-state index contributed by atoms with van der Waals surface area (Å²) in [5, 5.41) is 2.50. The lowest BCUT2D eigenvalue weighted by atomic mass is 10.1. The predicted octanol–water partition coefficient (Wildman–Crippen LogP) is 2.75. The average molecular weight is 223 g/mol. The molecule has 0 amide bonds. The largest absolute Gasteiger partial charge is 0.464 e. The Hall–Kier alpha value is -1.84. The van der Waals surface area contributed by atoms with Gasteiger partial charge in [0.15, 0.2) is 0 Å². The van der Waals surface area contributed by atoms with Crippen molar-refractivity contribution in [1.82, 2.24) is 5.32 Å². The minimum Gasteiger partial charge on any atom is -0.464 e. The van der Waals surface area contributed by atoms with E-state index in [1.54, 1.807) is 6.08 Å². The van der Waals surface area contributed by atoms with E-state index in [1.165, 1.54) is 18.5 Å². The first-order valence-corrected chi connectivity index (χ1v) is 4.86. The van der Waals surface area contributed by atoms with E-state index in [0.717, 1.165) is 5.56 Å². The molecule has 1 heterocycles. The Morgan fingerprint density at radius 1 is 1.25 bits per heavy atom. The van der Waals surface area contributed by atoms with Crippen LogP contribution in [0.2, 0.25) is 0 Å². The molecule has 1 aromatic rings. The fourth-order valence-corrected chi connectivity index (χ4v) is 1.40. The van der Waals surface area contributed by atoms with E-state index in [9.17, 15) is 8.78 Å². The standard InChI is InChI=1S/C12H11F2NO/c13-11(14)12(15-8-9-16-12)7-6-10-4-2-1-3-5-10/h1-9,11,15H/b7-6+. The molecule has 0 saturated carbocycles. The van der Waals surface area contributed by atoms with Crippen LogP contribution < -0.4 is 5.32 Å². The number of halogens is 2. The molecule has 1 aliphatic rings. The first kappa shape index (κ1) is 10.7. The van der Waals surface area contributed by atoms with Crippen LogP contribution in [0.25, 0.3) is 6.08 Å². The lowest BCUT2D eigenvalue weighted by Gasteiger charge is -2.24. The van der Waals surface area contributed by atoms with Crippen LogP contribution in [-0.4, -0.2) is 12.2 Å². The molecule has 0 spiro atoms. The third-order valence-corrected chi connectivity index (χ3v) is 2.29. The van der Waals surface area contributed by atoms with Crippen LogP contribution >= 0.6 is 0 Å². The van der Waals surface area contributed by atoms with Gasteiger partial charge in [-0.25, -0.2) is 8.78 Å². The second-order valence-corrected chi connectivity index (χ2v) is 3.40. The Labute approximate surface area is 92.2 Å². The van der Waals surface area contributed by atoms with Gasteiger partial charge in [-0.05, 0) is 11.6 Å². The zero-order valence-electron chi connectivity index (χ0n) is 8.44. The van der Waals surface area contributed by atoms with Crippen LogP contribution in [-0.2, 0) is 4.74 Å². The Morgan fingerprint density at radius 3 is 2.56 bits per heavy atom. The maximum Gasteiger partial charge on any atom is 0.300 e. The van der Waals surface area contributed by atoms with Crippen molar-refractivity contribution in [2.24, 2.45) is 0 Å². The van der Waals surface area contributed by atoms with E-state index in [1.807, 2.05) is 30.3 Å². The molecule has 1 aliphatic heterocycles. The SMILES string of the molecule is FC(F)C1(/C=C/c2ccccc2)NC=CO1. The Morgan fingerprint density at radius 2 is 2.00 bits per heavy atom. The van der Waals surface area contributed by atoms with Crippen LogP contribution in [0.4, 0.5) is 8.78 Å². The molecule has 0 aliphatic carbocycles. The van der Waals surface area contributed by atoms with E-state index >= 15 is 0 Å². The molecule has 0 radical (unpaired) electrons. The van der Waals surface area contributed by atoms with E-state index in [4.69, 9.17) is 4.74 Å². The maximum atomic E-state index is 12.8. The summed E-state index contributed by atoms with van der Waals surface area (Å²) >= 11 is 0. The van der Waals surface area contributed by atoms with Gasteiger partial charge in [0, 0.05) is 6.20 Å². The van der Waals surface area contributed by atoms with Gasteiger partial charge in [-0.3, -0.25) is 0 Å². The number of ether oxygens (including phenoxy) is 1. The third-order valence-electron chi connectivity index (χ3n) is 2.29. The van der Waals surface area contributed by atoms with Crippen LogP contribution in [0.5, 0.6) is 0 Å².